The van der Waals surface area contributed by atoms with E-state index < -0.39 is 0 Å². The molecule has 0 bridgehead atoms. The molecule has 2 aromatic heterocycles. The summed E-state index contributed by atoms with van der Waals surface area (Å²) < 4.78 is 10.7. The van der Waals surface area contributed by atoms with Gasteiger partial charge in [0.25, 0.3) is 5.91 Å². The van der Waals surface area contributed by atoms with Gasteiger partial charge in [-0.2, -0.15) is 5.10 Å². The Bertz CT molecular complexity index is 901. The number of nitrogens with zero attached hydrogens (tertiary/aromatic N) is 2. The van der Waals surface area contributed by atoms with Crippen molar-refractivity contribution in [2.75, 3.05) is 36.5 Å². The van der Waals surface area contributed by atoms with Crippen molar-refractivity contribution in [3.8, 4) is 11.5 Å². The van der Waals surface area contributed by atoms with Gasteiger partial charge in [-0.25, -0.2) is 0 Å². The summed E-state index contributed by atoms with van der Waals surface area (Å²) in [5.74, 6) is 0.296. The van der Waals surface area contributed by atoms with E-state index in [1.807, 2.05) is 12.1 Å². The Morgan fingerprint density at radius 2 is 2.08 bits per heavy atom. The second kappa shape index (κ2) is 7.23. The Kier molecular flexibility index (Phi) is 4.64. The molecule has 1 aliphatic rings. The minimum atomic E-state index is -0.323. The number of anilines is 2. The largest absolute Gasteiger partial charge is 0.463 e. The maximum atomic E-state index is 12.6. The number of amides is 1. The highest BCUT2D eigenvalue weighted by Crippen LogP contribution is 2.34. The van der Waals surface area contributed by atoms with Crippen LogP contribution in [0.2, 0.25) is 5.02 Å². The van der Waals surface area contributed by atoms with Crippen molar-refractivity contribution in [3.63, 3.8) is 0 Å². The number of carbonyl (C=O) groups excluding carboxylic acids is 1. The Balaban J connectivity index is 1.57. The second-order valence-corrected chi connectivity index (χ2v) is 6.24. The van der Waals surface area contributed by atoms with Crippen LogP contribution < -0.4 is 10.2 Å². The summed E-state index contributed by atoms with van der Waals surface area (Å²) in [5.41, 5.74) is 2.35. The van der Waals surface area contributed by atoms with E-state index in [4.69, 9.17) is 20.8 Å². The predicted octanol–water partition coefficient (Wildman–Crippen LogP) is 3.41. The highest BCUT2D eigenvalue weighted by molar-refractivity contribution is 6.34. The predicted molar refractivity (Wildman–Crippen MR) is 98.7 cm³/mol. The second-order valence-electron chi connectivity index (χ2n) is 5.83. The number of aromatic nitrogens is 2. The number of furan rings is 1. The molecule has 1 aromatic carbocycles. The molecule has 0 aliphatic carbocycles. The summed E-state index contributed by atoms with van der Waals surface area (Å²) in [6.45, 7) is 2.70. The zero-order chi connectivity index (χ0) is 17.9. The Labute approximate surface area is 154 Å². The molecule has 26 heavy (non-hydrogen) atoms. The van der Waals surface area contributed by atoms with Crippen LogP contribution in [0.5, 0.6) is 0 Å². The lowest BCUT2D eigenvalue weighted by molar-refractivity contribution is 0.102. The van der Waals surface area contributed by atoms with Crippen molar-refractivity contribution >= 4 is 28.9 Å². The first-order valence-corrected chi connectivity index (χ1v) is 8.62. The SMILES string of the molecule is O=C(Nc1cccc(Cl)c1N1CCOCC1)c1cc(-c2ccco2)[nH]n1. The molecule has 1 amide bonds. The maximum absolute atomic E-state index is 12.6. The topological polar surface area (TPSA) is 83.4 Å². The molecule has 7 nitrogen and oxygen atoms in total. The number of hydrogen-bond donors (Lipinski definition) is 2. The van der Waals surface area contributed by atoms with E-state index in [1.54, 1.807) is 30.5 Å². The summed E-state index contributed by atoms with van der Waals surface area (Å²) in [4.78, 5) is 14.7. The van der Waals surface area contributed by atoms with Gasteiger partial charge in [-0.3, -0.25) is 9.89 Å². The number of halogens is 1. The van der Waals surface area contributed by atoms with E-state index in [2.05, 4.69) is 20.4 Å². The number of para-hydroxylation sites is 1. The van der Waals surface area contributed by atoms with Crippen LogP contribution in [-0.4, -0.2) is 42.4 Å². The zero-order valence-corrected chi connectivity index (χ0v) is 14.6. The minimum Gasteiger partial charge on any atom is -0.463 e. The highest BCUT2D eigenvalue weighted by atomic mass is 35.5. The van der Waals surface area contributed by atoms with Crippen molar-refractivity contribution < 1.29 is 13.9 Å². The minimum absolute atomic E-state index is 0.268. The van der Waals surface area contributed by atoms with Gasteiger partial charge in [0, 0.05) is 19.2 Å². The van der Waals surface area contributed by atoms with Gasteiger partial charge in [-0.15, -0.1) is 0 Å². The zero-order valence-electron chi connectivity index (χ0n) is 13.9. The molecule has 0 radical (unpaired) electrons. The third-order valence-corrected chi connectivity index (χ3v) is 4.46. The molecule has 2 N–H and O–H groups in total. The molecule has 3 aromatic rings. The summed E-state index contributed by atoms with van der Waals surface area (Å²) in [7, 11) is 0. The molecular formula is C18H17ClN4O3. The summed E-state index contributed by atoms with van der Waals surface area (Å²) in [5, 5.41) is 10.4. The van der Waals surface area contributed by atoms with Crippen LogP contribution in [0.4, 0.5) is 11.4 Å². The van der Waals surface area contributed by atoms with Gasteiger partial charge >= 0.3 is 0 Å². The van der Waals surface area contributed by atoms with Gasteiger partial charge in [0.15, 0.2) is 11.5 Å². The van der Waals surface area contributed by atoms with Gasteiger partial charge < -0.3 is 19.4 Å². The maximum Gasteiger partial charge on any atom is 0.276 e. The first-order chi connectivity index (χ1) is 12.7. The number of nitrogens with one attached hydrogen (secondary N) is 2. The van der Waals surface area contributed by atoms with E-state index in [1.165, 1.54) is 0 Å². The molecule has 0 spiro atoms. The molecule has 1 fully saturated rings. The first kappa shape index (κ1) is 16.7. The monoisotopic (exact) mass is 372 g/mol. The summed E-state index contributed by atoms with van der Waals surface area (Å²) in [6, 6.07) is 10.7. The van der Waals surface area contributed by atoms with Gasteiger partial charge in [0.1, 0.15) is 5.69 Å². The lowest BCUT2D eigenvalue weighted by Crippen LogP contribution is -2.37. The van der Waals surface area contributed by atoms with Crippen molar-refractivity contribution in [3.05, 3.63) is 53.4 Å². The van der Waals surface area contributed by atoms with Gasteiger partial charge in [0.2, 0.25) is 0 Å². The third kappa shape index (κ3) is 3.31. The number of ether oxygens (including phenoxy) is 1. The van der Waals surface area contributed by atoms with E-state index in [-0.39, 0.29) is 11.6 Å². The fourth-order valence-electron chi connectivity index (χ4n) is 2.91. The lowest BCUT2D eigenvalue weighted by Gasteiger charge is -2.31. The quantitative estimate of drug-likeness (QED) is 0.733. The first-order valence-electron chi connectivity index (χ1n) is 8.24. The summed E-state index contributed by atoms with van der Waals surface area (Å²) >= 11 is 6.40. The molecule has 0 unspecified atom stereocenters. The number of morpholine rings is 1. The Morgan fingerprint density at radius 3 is 2.85 bits per heavy atom. The molecule has 4 rings (SSSR count). The smallest absolute Gasteiger partial charge is 0.276 e. The number of H-pyrrole nitrogens is 1. The van der Waals surface area contributed by atoms with Gasteiger partial charge in [0.05, 0.1) is 35.9 Å². The summed E-state index contributed by atoms with van der Waals surface area (Å²) in [6.07, 6.45) is 1.57. The van der Waals surface area contributed by atoms with Gasteiger partial charge in [-0.05, 0) is 24.3 Å². The average molecular weight is 373 g/mol. The van der Waals surface area contributed by atoms with Gasteiger partial charge in [-0.1, -0.05) is 17.7 Å². The van der Waals surface area contributed by atoms with Crippen molar-refractivity contribution in [1.29, 1.82) is 0 Å². The number of benzene rings is 1. The third-order valence-electron chi connectivity index (χ3n) is 4.16. The molecule has 8 heteroatoms. The van der Waals surface area contributed by atoms with Crippen LogP contribution >= 0.6 is 11.6 Å². The molecule has 3 heterocycles. The number of aromatic amines is 1. The van der Waals surface area contributed by atoms with Crippen LogP contribution in [0.1, 0.15) is 10.5 Å². The van der Waals surface area contributed by atoms with Crippen molar-refractivity contribution in [1.82, 2.24) is 10.2 Å². The van der Waals surface area contributed by atoms with Crippen LogP contribution in [0.25, 0.3) is 11.5 Å². The normalized spacial score (nSPS) is 14.4. The average Bonchev–Trinajstić information content (AvgIpc) is 3.34. The van der Waals surface area contributed by atoms with Crippen LogP contribution in [0, 0.1) is 0 Å². The Morgan fingerprint density at radius 1 is 1.23 bits per heavy atom. The van der Waals surface area contributed by atoms with Crippen molar-refractivity contribution in [2.24, 2.45) is 0 Å². The van der Waals surface area contributed by atoms with Crippen molar-refractivity contribution in [2.45, 2.75) is 0 Å². The fraction of sp³-hybridized carbons (Fsp3) is 0.222. The fourth-order valence-corrected chi connectivity index (χ4v) is 3.20. The molecule has 0 atom stereocenters. The molecular weight excluding hydrogens is 356 g/mol. The number of carbonyl (C=O) groups is 1. The number of hydrogen-bond acceptors (Lipinski definition) is 5. The van der Waals surface area contributed by atoms with E-state index in [9.17, 15) is 4.79 Å². The van der Waals surface area contributed by atoms with E-state index in [0.717, 1.165) is 18.8 Å². The highest BCUT2D eigenvalue weighted by Gasteiger charge is 2.20. The standard InChI is InChI=1S/C18H17ClN4O3/c19-12-3-1-4-13(17(12)23-6-9-25-10-7-23)20-18(24)15-11-14(21-22-15)16-5-2-8-26-16/h1-5,8,11H,6-7,9-10H2,(H,20,24)(H,21,22). The van der Waals surface area contributed by atoms with E-state index >= 15 is 0 Å². The van der Waals surface area contributed by atoms with Crippen LogP contribution in [-0.2, 0) is 4.74 Å². The van der Waals surface area contributed by atoms with Crippen LogP contribution in [0.3, 0.4) is 0 Å². The Hall–Kier alpha value is -2.77. The molecule has 134 valence electrons. The van der Waals surface area contributed by atoms with Crippen LogP contribution in [0.15, 0.2) is 47.1 Å². The molecule has 1 aliphatic heterocycles. The lowest BCUT2D eigenvalue weighted by atomic mass is 10.2. The van der Waals surface area contributed by atoms with E-state index in [0.29, 0.717) is 35.4 Å². The molecule has 1 saturated heterocycles. The number of rotatable bonds is 4. The molecule has 0 saturated carbocycles.